The van der Waals surface area contributed by atoms with E-state index in [0.29, 0.717) is 22.8 Å². The number of carbonyl (C=O) groups is 1. The Balaban J connectivity index is 1.36. The lowest BCUT2D eigenvalue weighted by molar-refractivity contribution is 0.0734. The summed E-state index contributed by atoms with van der Waals surface area (Å²) in [5.74, 6) is 1.24. The van der Waals surface area contributed by atoms with Crippen LogP contribution in [0.2, 0.25) is 0 Å². The summed E-state index contributed by atoms with van der Waals surface area (Å²) in [5.41, 5.74) is 4.15. The highest BCUT2D eigenvalue weighted by atomic mass is 19.1. The lowest BCUT2D eigenvalue weighted by atomic mass is 9.77. The lowest BCUT2D eigenvalue weighted by Gasteiger charge is -2.28. The Hall–Kier alpha value is -2.94. The molecule has 1 saturated carbocycles. The quantitative estimate of drug-likeness (QED) is 0.162. The average Bonchev–Trinajstić information content (AvgIpc) is 2.90. The van der Waals surface area contributed by atoms with Gasteiger partial charge in [-0.1, -0.05) is 75.9 Å². The maximum atomic E-state index is 15.1. The molecule has 0 aliphatic heterocycles. The van der Waals surface area contributed by atoms with Crippen molar-refractivity contribution in [2.45, 2.75) is 84.0 Å². The number of hydrogen-bond acceptors (Lipinski definition) is 2. The first-order valence-electron chi connectivity index (χ1n) is 13.8. The third-order valence-corrected chi connectivity index (χ3v) is 7.64. The molecule has 0 aromatic heterocycles. The van der Waals surface area contributed by atoms with Crippen molar-refractivity contribution in [2.24, 2.45) is 5.92 Å². The number of carbonyl (C=O) groups excluding carboxylic acids is 1. The Morgan fingerprint density at radius 3 is 2.22 bits per heavy atom. The van der Waals surface area contributed by atoms with Crippen molar-refractivity contribution in [1.29, 1.82) is 0 Å². The van der Waals surface area contributed by atoms with Crippen LogP contribution in [-0.4, -0.2) is 5.97 Å². The number of hydrogen-bond donors (Lipinski definition) is 0. The first-order chi connectivity index (χ1) is 17.6. The van der Waals surface area contributed by atoms with Gasteiger partial charge >= 0.3 is 5.97 Å². The Kier molecular flexibility index (Phi) is 9.33. The van der Waals surface area contributed by atoms with E-state index < -0.39 is 5.97 Å². The molecule has 0 radical (unpaired) electrons. The Morgan fingerprint density at radius 1 is 0.861 bits per heavy atom. The summed E-state index contributed by atoms with van der Waals surface area (Å²) in [6, 6.07) is 20.4. The normalized spacial score (nSPS) is 17.6. The molecule has 0 unspecified atom stereocenters. The van der Waals surface area contributed by atoms with E-state index in [1.165, 1.54) is 50.5 Å². The van der Waals surface area contributed by atoms with Gasteiger partial charge in [-0.05, 0) is 97.4 Å². The summed E-state index contributed by atoms with van der Waals surface area (Å²) in [6.07, 6.45) is 12.0. The van der Waals surface area contributed by atoms with Crippen LogP contribution in [0, 0.1) is 11.7 Å². The van der Waals surface area contributed by atoms with Crippen molar-refractivity contribution in [1.82, 2.24) is 0 Å². The minimum Gasteiger partial charge on any atom is -0.423 e. The first kappa shape index (κ1) is 26.1. The van der Waals surface area contributed by atoms with Gasteiger partial charge in [0.15, 0.2) is 0 Å². The first-order valence-corrected chi connectivity index (χ1v) is 13.8. The lowest BCUT2D eigenvalue weighted by Crippen LogP contribution is -2.13. The van der Waals surface area contributed by atoms with Crippen LogP contribution in [0.15, 0.2) is 66.7 Å². The van der Waals surface area contributed by atoms with Gasteiger partial charge < -0.3 is 4.74 Å². The standard InChI is InChI=1S/C33H39FO2/c1-3-5-6-8-25-11-20-30(21-12-25)36-33(35)28-17-15-27(16-18-28)31-22-19-29(23-32(31)34)26-13-9-24(7-4-2)10-14-26/h11-12,15-24,26H,3-10,13-14H2,1-2H3. The second-order valence-corrected chi connectivity index (χ2v) is 10.3. The maximum absolute atomic E-state index is 15.1. The Bertz CT molecular complexity index is 1110. The third-order valence-electron chi connectivity index (χ3n) is 7.64. The topological polar surface area (TPSA) is 26.3 Å². The highest BCUT2D eigenvalue weighted by molar-refractivity contribution is 5.91. The molecule has 3 heteroatoms. The van der Waals surface area contributed by atoms with E-state index in [4.69, 9.17) is 4.74 Å². The van der Waals surface area contributed by atoms with Gasteiger partial charge in [-0.15, -0.1) is 0 Å². The highest BCUT2D eigenvalue weighted by Gasteiger charge is 2.22. The number of unbranched alkanes of at least 4 members (excludes halogenated alkanes) is 2. The summed E-state index contributed by atoms with van der Waals surface area (Å²) >= 11 is 0. The van der Waals surface area contributed by atoms with Crippen LogP contribution in [0.5, 0.6) is 5.75 Å². The van der Waals surface area contributed by atoms with E-state index in [1.807, 2.05) is 30.3 Å². The monoisotopic (exact) mass is 486 g/mol. The van der Waals surface area contributed by atoms with Crippen LogP contribution in [0.1, 0.15) is 99.0 Å². The second-order valence-electron chi connectivity index (χ2n) is 10.3. The van der Waals surface area contributed by atoms with Crippen molar-refractivity contribution in [3.05, 3.63) is 89.2 Å². The number of halogens is 1. The van der Waals surface area contributed by atoms with Gasteiger partial charge in [-0.25, -0.2) is 9.18 Å². The maximum Gasteiger partial charge on any atom is 0.343 e. The van der Waals surface area contributed by atoms with Gasteiger partial charge in [-0.3, -0.25) is 0 Å². The van der Waals surface area contributed by atoms with Crippen molar-refractivity contribution in [2.75, 3.05) is 0 Å². The van der Waals surface area contributed by atoms with Crippen LogP contribution in [0.25, 0.3) is 11.1 Å². The predicted octanol–water partition coefficient (Wildman–Crippen LogP) is 9.52. The van der Waals surface area contributed by atoms with Crippen LogP contribution >= 0.6 is 0 Å². The molecule has 3 aromatic rings. The fraction of sp³-hybridized carbons (Fsp3) is 0.424. The highest BCUT2D eigenvalue weighted by Crippen LogP contribution is 2.38. The number of benzene rings is 3. The molecule has 36 heavy (non-hydrogen) atoms. The summed E-state index contributed by atoms with van der Waals surface area (Å²) in [5, 5.41) is 0. The molecule has 4 rings (SSSR count). The summed E-state index contributed by atoms with van der Waals surface area (Å²) < 4.78 is 20.6. The molecule has 0 amide bonds. The van der Waals surface area contributed by atoms with Gasteiger partial charge in [0.1, 0.15) is 11.6 Å². The fourth-order valence-corrected chi connectivity index (χ4v) is 5.47. The Labute approximate surface area is 215 Å². The zero-order valence-corrected chi connectivity index (χ0v) is 21.8. The summed E-state index contributed by atoms with van der Waals surface area (Å²) in [6.45, 7) is 4.45. The largest absolute Gasteiger partial charge is 0.423 e. The van der Waals surface area contributed by atoms with E-state index in [9.17, 15) is 4.79 Å². The van der Waals surface area contributed by atoms with Gasteiger partial charge in [0.2, 0.25) is 0 Å². The van der Waals surface area contributed by atoms with E-state index in [1.54, 1.807) is 30.3 Å². The van der Waals surface area contributed by atoms with Crippen LogP contribution in [0.3, 0.4) is 0 Å². The molecule has 1 aliphatic carbocycles. The molecule has 190 valence electrons. The Morgan fingerprint density at radius 2 is 1.58 bits per heavy atom. The number of rotatable bonds is 10. The average molecular weight is 487 g/mol. The molecule has 0 saturated heterocycles. The van der Waals surface area contributed by atoms with Crippen LogP contribution < -0.4 is 4.74 Å². The third kappa shape index (κ3) is 6.84. The van der Waals surface area contributed by atoms with Crippen molar-refractivity contribution < 1.29 is 13.9 Å². The zero-order valence-electron chi connectivity index (χ0n) is 21.8. The molecule has 0 N–H and O–H groups in total. The number of aryl methyl sites for hydroxylation is 1. The molecular formula is C33H39FO2. The van der Waals surface area contributed by atoms with Gasteiger partial charge in [0.05, 0.1) is 5.56 Å². The zero-order chi connectivity index (χ0) is 25.3. The minimum absolute atomic E-state index is 0.197. The molecule has 0 bridgehead atoms. The fourth-order valence-electron chi connectivity index (χ4n) is 5.47. The van der Waals surface area contributed by atoms with E-state index in [2.05, 4.69) is 19.9 Å². The van der Waals surface area contributed by atoms with Crippen molar-refractivity contribution >= 4 is 5.97 Å². The molecule has 0 heterocycles. The van der Waals surface area contributed by atoms with Crippen LogP contribution in [0.4, 0.5) is 4.39 Å². The van der Waals surface area contributed by atoms with Crippen molar-refractivity contribution in [3.63, 3.8) is 0 Å². The molecule has 2 nitrogen and oxygen atoms in total. The molecular weight excluding hydrogens is 447 g/mol. The molecule has 0 atom stereocenters. The van der Waals surface area contributed by atoms with E-state index in [0.717, 1.165) is 36.3 Å². The number of ether oxygens (including phenoxy) is 1. The molecule has 1 aliphatic rings. The van der Waals surface area contributed by atoms with Gasteiger partial charge in [-0.2, -0.15) is 0 Å². The minimum atomic E-state index is -0.408. The van der Waals surface area contributed by atoms with E-state index in [-0.39, 0.29) is 5.82 Å². The smallest absolute Gasteiger partial charge is 0.343 e. The number of esters is 1. The second kappa shape index (κ2) is 12.9. The summed E-state index contributed by atoms with van der Waals surface area (Å²) in [4.78, 5) is 12.6. The van der Waals surface area contributed by atoms with Crippen molar-refractivity contribution in [3.8, 4) is 16.9 Å². The van der Waals surface area contributed by atoms with E-state index >= 15 is 4.39 Å². The predicted molar refractivity (Wildman–Crippen MR) is 146 cm³/mol. The molecule has 0 spiro atoms. The summed E-state index contributed by atoms with van der Waals surface area (Å²) in [7, 11) is 0. The SMILES string of the molecule is CCCCCc1ccc(OC(=O)c2ccc(-c3ccc(C4CCC(CCC)CC4)cc3F)cc2)cc1. The van der Waals surface area contributed by atoms with Gasteiger partial charge in [0, 0.05) is 5.56 Å². The molecule has 1 fully saturated rings. The van der Waals surface area contributed by atoms with Gasteiger partial charge in [0.25, 0.3) is 0 Å². The molecule has 3 aromatic carbocycles. The van der Waals surface area contributed by atoms with Crippen LogP contribution in [-0.2, 0) is 6.42 Å².